The second-order valence-corrected chi connectivity index (χ2v) is 3.96. The molecular formula is C12H14F3NO2. The molecule has 0 aliphatic carbocycles. The molecule has 0 unspecified atom stereocenters. The smallest absolute Gasteiger partial charge is 0.418 e. The Kier molecular flexibility index (Phi) is 4.21. The zero-order valence-corrected chi connectivity index (χ0v) is 10.1. The first-order chi connectivity index (χ1) is 8.27. The SMILES string of the molecule is CCCN(C)c1ccc(C(=O)O)cc1C(F)(F)F. The van der Waals surface area contributed by atoms with Crippen molar-refractivity contribution in [2.24, 2.45) is 0 Å². The van der Waals surface area contributed by atoms with Gasteiger partial charge in [-0.3, -0.25) is 0 Å². The van der Waals surface area contributed by atoms with E-state index in [-0.39, 0.29) is 11.3 Å². The lowest BCUT2D eigenvalue weighted by molar-refractivity contribution is -0.137. The molecule has 18 heavy (non-hydrogen) atoms. The molecule has 0 aromatic heterocycles. The van der Waals surface area contributed by atoms with E-state index in [2.05, 4.69) is 0 Å². The number of hydrogen-bond donors (Lipinski definition) is 1. The summed E-state index contributed by atoms with van der Waals surface area (Å²) >= 11 is 0. The Hall–Kier alpha value is -1.72. The highest BCUT2D eigenvalue weighted by Gasteiger charge is 2.35. The fourth-order valence-corrected chi connectivity index (χ4v) is 1.68. The third kappa shape index (κ3) is 3.15. The number of carboxylic acids is 1. The second-order valence-electron chi connectivity index (χ2n) is 3.96. The predicted molar refractivity (Wildman–Crippen MR) is 62.0 cm³/mol. The number of nitrogens with zero attached hydrogens (tertiary/aromatic N) is 1. The molecule has 0 saturated carbocycles. The predicted octanol–water partition coefficient (Wildman–Crippen LogP) is 3.25. The van der Waals surface area contributed by atoms with Gasteiger partial charge in [0.1, 0.15) is 0 Å². The van der Waals surface area contributed by atoms with E-state index < -0.39 is 17.7 Å². The van der Waals surface area contributed by atoms with Crippen LogP contribution in [0.4, 0.5) is 18.9 Å². The number of alkyl halides is 3. The van der Waals surface area contributed by atoms with Crippen LogP contribution in [-0.4, -0.2) is 24.7 Å². The molecule has 0 bridgehead atoms. The van der Waals surface area contributed by atoms with Crippen molar-refractivity contribution < 1.29 is 23.1 Å². The van der Waals surface area contributed by atoms with Gasteiger partial charge in [0, 0.05) is 19.3 Å². The molecule has 6 heteroatoms. The molecule has 0 atom stereocenters. The topological polar surface area (TPSA) is 40.5 Å². The summed E-state index contributed by atoms with van der Waals surface area (Å²) in [6.07, 6.45) is -3.86. The summed E-state index contributed by atoms with van der Waals surface area (Å²) in [5, 5.41) is 8.73. The molecule has 100 valence electrons. The monoisotopic (exact) mass is 261 g/mol. The van der Waals surface area contributed by atoms with Crippen LogP contribution < -0.4 is 4.90 Å². The molecule has 0 aliphatic rings. The van der Waals surface area contributed by atoms with Crippen LogP contribution in [0.1, 0.15) is 29.3 Å². The zero-order chi connectivity index (χ0) is 13.9. The third-order valence-corrected chi connectivity index (χ3v) is 2.52. The molecule has 0 amide bonds. The first-order valence-corrected chi connectivity index (χ1v) is 5.43. The summed E-state index contributed by atoms with van der Waals surface area (Å²) in [5.41, 5.74) is -1.29. The van der Waals surface area contributed by atoms with Gasteiger partial charge in [0.15, 0.2) is 0 Å². The number of carbonyl (C=O) groups is 1. The van der Waals surface area contributed by atoms with Crippen LogP contribution >= 0.6 is 0 Å². The van der Waals surface area contributed by atoms with Crippen LogP contribution in [0.5, 0.6) is 0 Å². The maximum atomic E-state index is 12.9. The Morgan fingerprint density at radius 1 is 1.39 bits per heavy atom. The molecule has 0 heterocycles. The average Bonchev–Trinajstić information content (AvgIpc) is 2.27. The van der Waals surface area contributed by atoms with Crippen molar-refractivity contribution >= 4 is 11.7 Å². The number of aromatic carboxylic acids is 1. The molecule has 0 spiro atoms. The average molecular weight is 261 g/mol. The van der Waals surface area contributed by atoms with E-state index in [9.17, 15) is 18.0 Å². The Morgan fingerprint density at radius 3 is 2.44 bits per heavy atom. The van der Waals surface area contributed by atoms with Crippen LogP contribution in [-0.2, 0) is 6.18 Å². The molecule has 0 saturated heterocycles. The summed E-state index contributed by atoms with van der Waals surface area (Å²) in [4.78, 5) is 12.2. The normalized spacial score (nSPS) is 11.4. The van der Waals surface area contributed by atoms with Gasteiger partial charge in [-0.05, 0) is 24.6 Å². The molecule has 1 aromatic rings. The lowest BCUT2D eigenvalue weighted by atomic mass is 10.1. The first kappa shape index (κ1) is 14.3. The van der Waals surface area contributed by atoms with Crippen molar-refractivity contribution in [2.45, 2.75) is 19.5 Å². The van der Waals surface area contributed by atoms with E-state index in [0.29, 0.717) is 19.0 Å². The van der Waals surface area contributed by atoms with Gasteiger partial charge in [-0.25, -0.2) is 4.79 Å². The van der Waals surface area contributed by atoms with Gasteiger partial charge in [-0.15, -0.1) is 0 Å². The van der Waals surface area contributed by atoms with Crippen molar-refractivity contribution in [1.29, 1.82) is 0 Å². The highest BCUT2D eigenvalue weighted by atomic mass is 19.4. The number of benzene rings is 1. The number of hydrogen-bond acceptors (Lipinski definition) is 2. The van der Waals surface area contributed by atoms with E-state index in [1.807, 2.05) is 6.92 Å². The van der Waals surface area contributed by atoms with Crippen molar-refractivity contribution in [1.82, 2.24) is 0 Å². The quantitative estimate of drug-likeness (QED) is 0.904. The third-order valence-electron chi connectivity index (χ3n) is 2.52. The zero-order valence-electron chi connectivity index (χ0n) is 10.1. The van der Waals surface area contributed by atoms with Crippen LogP contribution in [0.15, 0.2) is 18.2 Å². The molecule has 1 N–H and O–H groups in total. The molecular weight excluding hydrogens is 247 g/mol. The van der Waals surface area contributed by atoms with E-state index >= 15 is 0 Å². The summed E-state index contributed by atoms with van der Waals surface area (Å²) < 4.78 is 38.6. The Bertz CT molecular complexity index is 443. The minimum absolute atomic E-state index is 0.00523. The number of carboxylic acid groups (broad SMARTS) is 1. The van der Waals surface area contributed by atoms with Gasteiger partial charge in [-0.2, -0.15) is 13.2 Å². The summed E-state index contributed by atoms with van der Waals surface area (Å²) in [7, 11) is 1.55. The van der Waals surface area contributed by atoms with Crippen molar-refractivity contribution in [3.63, 3.8) is 0 Å². The van der Waals surface area contributed by atoms with E-state index in [4.69, 9.17) is 5.11 Å². The standard InChI is InChI=1S/C12H14F3NO2/c1-3-6-16(2)10-5-4-8(11(17)18)7-9(10)12(13,14)15/h4-5,7H,3,6H2,1-2H3,(H,17,18). The highest BCUT2D eigenvalue weighted by molar-refractivity contribution is 5.88. The first-order valence-electron chi connectivity index (χ1n) is 5.43. The number of halogens is 3. The van der Waals surface area contributed by atoms with Crippen LogP contribution in [0.2, 0.25) is 0 Å². The van der Waals surface area contributed by atoms with Gasteiger partial charge < -0.3 is 10.0 Å². The lowest BCUT2D eigenvalue weighted by Crippen LogP contribution is -2.22. The summed E-state index contributed by atoms with van der Waals surface area (Å²) in [6, 6.07) is 3.05. The largest absolute Gasteiger partial charge is 0.478 e. The molecule has 1 rings (SSSR count). The van der Waals surface area contributed by atoms with Crippen molar-refractivity contribution in [3.05, 3.63) is 29.3 Å². The summed E-state index contributed by atoms with van der Waals surface area (Å²) in [6.45, 7) is 2.32. The Balaban J connectivity index is 3.30. The fourth-order valence-electron chi connectivity index (χ4n) is 1.68. The van der Waals surface area contributed by atoms with Gasteiger partial charge >= 0.3 is 12.1 Å². The maximum absolute atomic E-state index is 12.9. The van der Waals surface area contributed by atoms with Crippen molar-refractivity contribution in [3.8, 4) is 0 Å². The van der Waals surface area contributed by atoms with E-state index in [0.717, 1.165) is 0 Å². The number of rotatable bonds is 4. The number of anilines is 1. The van der Waals surface area contributed by atoms with E-state index in [1.165, 1.54) is 17.0 Å². The van der Waals surface area contributed by atoms with E-state index in [1.54, 1.807) is 7.05 Å². The van der Waals surface area contributed by atoms with Crippen LogP contribution in [0.3, 0.4) is 0 Å². The molecule has 1 aromatic carbocycles. The van der Waals surface area contributed by atoms with Crippen molar-refractivity contribution in [2.75, 3.05) is 18.5 Å². The van der Waals surface area contributed by atoms with Crippen LogP contribution in [0.25, 0.3) is 0 Å². The van der Waals surface area contributed by atoms with Gasteiger partial charge in [0.25, 0.3) is 0 Å². The maximum Gasteiger partial charge on any atom is 0.418 e. The molecule has 0 aliphatic heterocycles. The highest BCUT2D eigenvalue weighted by Crippen LogP contribution is 2.37. The fraction of sp³-hybridized carbons (Fsp3) is 0.417. The minimum atomic E-state index is -4.57. The Labute approximate surface area is 103 Å². The van der Waals surface area contributed by atoms with Crippen LogP contribution in [0, 0.1) is 0 Å². The second kappa shape index (κ2) is 5.29. The molecule has 0 radical (unpaired) electrons. The summed E-state index contributed by atoms with van der Waals surface area (Å²) in [5.74, 6) is -1.37. The minimum Gasteiger partial charge on any atom is -0.478 e. The molecule has 3 nitrogen and oxygen atoms in total. The Morgan fingerprint density at radius 2 is 2.00 bits per heavy atom. The lowest BCUT2D eigenvalue weighted by Gasteiger charge is -2.23. The van der Waals surface area contributed by atoms with Gasteiger partial charge in [0.2, 0.25) is 0 Å². The van der Waals surface area contributed by atoms with Gasteiger partial charge in [0.05, 0.1) is 11.1 Å². The molecule has 0 fully saturated rings. The van der Waals surface area contributed by atoms with Gasteiger partial charge in [-0.1, -0.05) is 6.92 Å².